The monoisotopic (exact) mass is 173 g/mol. The van der Waals surface area contributed by atoms with Crippen LogP contribution in [0.15, 0.2) is 0 Å². The van der Waals surface area contributed by atoms with Crippen molar-refractivity contribution in [2.45, 2.75) is 32.3 Å². The molecule has 0 bridgehead atoms. The number of nitrogens with two attached hydrogens (primary N) is 1. The van der Waals surface area contributed by atoms with Crippen LogP contribution in [0.5, 0.6) is 0 Å². The van der Waals surface area contributed by atoms with Crippen LogP contribution in [0.1, 0.15) is 26.2 Å². The van der Waals surface area contributed by atoms with Crippen LogP contribution in [0, 0.1) is 11.3 Å². The maximum atomic E-state index is 9.75. The van der Waals surface area contributed by atoms with Crippen molar-refractivity contribution < 1.29 is 10.2 Å². The molecule has 1 aliphatic rings. The van der Waals surface area contributed by atoms with Gasteiger partial charge in [-0.2, -0.15) is 0 Å². The molecule has 3 nitrogen and oxygen atoms in total. The van der Waals surface area contributed by atoms with Gasteiger partial charge in [-0.15, -0.1) is 0 Å². The molecule has 1 fully saturated rings. The Morgan fingerprint density at radius 2 is 2.33 bits per heavy atom. The molecule has 0 aromatic rings. The Hall–Kier alpha value is -0.120. The summed E-state index contributed by atoms with van der Waals surface area (Å²) in [6.45, 7) is 2.56. The van der Waals surface area contributed by atoms with Crippen molar-refractivity contribution in [1.29, 1.82) is 0 Å². The highest BCUT2D eigenvalue weighted by atomic mass is 16.3. The fraction of sp³-hybridized carbons (Fsp3) is 1.00. The Balaban J connectivity index is 2.73. The molecule has 0 heterocycles. The van der Waals surface area contributed by atoms with Crippen molar-refractivity contribution in [2.24, 2.45) is 17.1 Å². The van der Waals surface area contributed by atoms with Crippen molar-refractivity contribution in [3.05, 3.63) is 0 Å². The lowest BCUT2D eigenvalue weighted by atomic mass is 9.73. The van der Waals surface area contributed by atoms with Gasteiger partial charge in [-0.3, -0.25) is 0 Å². The molecule has 3 heteroatoms. The van der Waals surface area contributed by atoms with Crippen molar-refractivity contribution in [3.63, 3.8) is 0 Å². The number of hydrogen-bond acceptors (Lipinski definition) is 3. The lowest BCUT2D eigenvalue weighted by Crippen LogP contribution is -2.44. The first-order valence-corrected chi connectivity index (χ1v) is 4.66. The number of aliphatic hydroxyl groups excluding tert-OH is 2. The van der Waals surface area contributed by atoms with Gasteiger partial charge in [0.05, 0.1) is 6.10 Å². The van der Waals surface area contributed by atoms with E-state index in [0.717, 1.165) is 19.3 Å². The largest absolute Gasteiger partial charge is 0.396 e. The second kappa shape index (κ2) is 3.73. The third-order valence-electron chi connectivity index (χ3n) is 3.42. The SMILES string of the molecule is CC(CO)C1(CN)CCCC1O. The van der Waals surface area contributed by atoms with Crippen molar-refractivity contribution in [2.75, 3.05) is 13.2 Å². The predicted molar refractivity (Wildman–Crippen MR) is 47.6 cm³/mol. The molecule has 0 aromatic carbocycles. The van der Waals surface area contributed by atoms with Crippen LogP contribution in [-0.2, 0) is 0 Å². The molecule has 0 saturated heterocycles. The van der Waals surface area contributed by atoms with Gasteiger partial charge in [-0.05, 0) is 18.8 Å². The first-order chi connectivity index (χ1) is 5.67. The van der Waals surface area contributed by atoms with Gasteiger partial charge < -0.3 is 15.9 Å². The van der Waals surface area contributed by atoms with Gasteiger partial charge in [0.1, 0.15) is 0 Å². The third kappa shape index (κ3) is 1.37. The molecule has 0 spiro atoms. The fourth-order valence-electron chi connectivity index (χ4n) is 2.27. The van der Waals surface area contributed by atoms with E-state index in [9.17, 15) is 5.11 Å². The summed E-state index contributed by atoms with van der Waals surface area (Å²) < 4.78 is 0. The molecule has 1 aliphatic carbocycles. The Kier molecular flexibility index (Phi) is 3.09. The van der Waals surface area contributed by atoms with Crippen LogP contribution in [0.3, 0.4) is 0 Å². The zero-order valence-corrected chi connectivity index (χ0v) is 7.66. The smallest absolute Gasteiger partial charge is 0.0611 e. The van der Waals surface area contributed by atoms with Crippen LogP contribution in [0.25, 0.3) is 0 Å². The van der Waals surface area contributed by atoms with Gasteiger partial charge in [0.25, 0.3) is 0 Å². The van der Waals surface area contributed by atoms with Crippen molar-refractivity contribution in [3.8, 4) is 0 Å². The Morgan fingerprint density at radius 1 is 1.67 bits per heavy atom. The van der Waals surface area contributed by atoms with E-state index in [2.05, 4.69) is 0 Å². The summed E-state index contributed by atoms with van der Waals surface area (Å²) in [5.41, 5.74) is 5.45. The lowest BCUT2D eigenvalue weighted by molar-refractivity contribution is -0.00287. The van der Waals surface area contributed by atoms with Crippen LogP contribution in [0.2, 0.25) is 0 Å². The molecular weight excluding hydrogens is 154 g/mol. The molecule has 0 radical (unpaired) electrons. The zero-order chi connectivity index (χ0) is 9.19. The lowest BCUT2D eigenvalue weighted by Gasteiger charge is -2.36. The topological polar surface area (TPSA) is 66.5 Å². The normalized spacial score (nSPS) is 38.5. The predicted octanol–water partition coefficient (Wildman–Crippen LogP) is 0.105. The molecule has 72 valence electrons. The molecule has 1 saturated carbocycles. The minimum absolute atomic E-state index is 0.111. The summed E-state index contributed by atoms with van der Waals surface area (Å²) in [5.74, 6) is 0.111. The van der Waals surface area contributed by atoms with Crippen LogP contribution in [0.4, 0.5) is 0 Å². The van der Waals surface area contributed by atoms with E-state index in [1.165, 1.54) is 0 Å². The van der Waals surface area contributed by atoms with Gasteiger partial charge in [0, 0.05) is 18.6 Å². The van der Waals surface area contributed by atoms with Crippen LogP contribution in [-0.4, -0.2) is 29.5 Å². The van der Waals surface area contributed by atoms with Gasteiger partial charge >= 0.3 is 0 Å². The van der Waals surface area contributed by atoms with E-state index < -0.39 is 0 Å². The maximum Gasteiger partial charge on any atom is 0.0611 e. The van der Waals surface area contributed by atoms with E-state index >= 15 is 0 Å². The Bertz CT molecular complexity index is 151. The number of rotatable bonds is 3. The first-order valence-electron chi connectivity index (χ1n) is 4.66. The minimum Gasteiger partial charge on any atom is -0.396 e. The Morgan fingerprint density at radius 3 is 2.67 bits per heavy atom. The first kappa shape index (κ1) is 9.96. The number of aliphatic hydroxyl groups is 2. The molecule has 3 atom stereocenters. The van der Waals surface area contributed by atoms with E-state index in [1.807, 2.05) is 6.92 Å². The molecule has 3 unspecified atom stereocenters. The molecule has 12 heavy (non-hydrogen) atoms. The van der Waals surface area contributed by atoms with Gasteiger partial charge in [-0.25, -0.2) is 0 Å². The summed E-state index contributed by atoms with van der Waals surface area (Å²) in [4.78, 5) is 0. The highest BCUT2D eigenvalue weighted by molar-refractivity contribution is 4.96. The molecule has 0 amide bonds. The highest BCUT2D eigenvalue weighted by Crippen LogP contribution is 2.43. The molecule has 0 aliphatic heterocycles. The standard InChI is InChI=1S/C9H19NO2/c1-7(5-11)9(6-10)4-2-3-8(9)12/h7-8,11-12H,2-6,10H2,1H3. The second-order valence-electron chi connectivity index (χ2n) is 3.93. The van der Waals surface area contributed by atoms with E-state index in [1.54, 1.807) is 0 Å². The maximum absolute atomic E-state index is 9.75. The molecule has 0 aromatic heterocycles. The number of hydrogen-bond donors (Lipinski definition) is 3. The quantitative estimate of drug-likeness (QED) is 0.567. The van der Waals surface area contributed by atoms with Crippen LogP contribution >= 0.6 is 0 Å². The summed E-state index contributed by atoms with van der Waals surface area (Å²) in [5, 5.41) is 18.8. The third-order valence-corrected chi connectivity index (χ3v) is 3.42. The summed E-state index contributed by atoms with van der Waals surface area (Å²) in [6, 6.07) is 0. The highest BCUT2D eigenvalue weighted by Gasteiger charge is 2.44. The van der Waals surface area contributed by atoms with Gasteiger partial charge in [0.2, 0.25) is 0 Å². The zero-order valence-electron chi connectivity index (χ0n) is 7.66. The van der Waals surface area contributed by atoms with E-state index in [0.29, 0.717) is 6.54 Å². The average molecular weight is 173 g/mol. The van der Waals surface area contributed by atoms with E-state index in [4.69, 9.17) is 10.8 Å². The van der Waals surface area contributed by atoms with E-state index in [-0.39, 0.29) is 24.0 Å². The van der Waals surface area contributed by atoms with Crippen molar-refractivity contribution >= 4 is 0 Å². The summed E-state index contributed by atoms with van der Waals surface area (Å²) in [6.07, 6.45) is 2.50. The van der Waals surface area contributed by atoms with Gasteiger partial charge in [0.15, 0.2) is 0 Å². The summed E-state index contributed by atoms with van der Waals surface area (Å²) >= 11 is 0. The fourth-order valence-corrected chi connectivity index (χ4v) is 2.27. The van der Waals surface area contributed by atoms with Crippen molar-refractivity contribution in [1.82, 2.24) is 0 Å². The van der Waals surface area contributed by atoms with Crippen LogP contribution < -0.4 is 5.73 Å². The minimum atomic E-state index is -0.315. The summed E-state index contributed by atoms with van der Waals surface area (Å²) in [7, 11) is 0. The molecular formula is C9H19NO2. The van der Waals surface area contributed by atoms with Gasteiger partial charge in [-0.1, -0.05) is 13.3 Å². The molecule has 1 rings (SSSR count). The average Bonchev–Trinajstić information content (AvgIpc) is 2.46. The Labute approximate surface area is 73.6 Å². The molecule has 4 N–H and O–H groups in total. The second-order valence-corrected chi connectivity index (χ2v) is 3.93.